The summed E-state index contributed by atoms with van der Waals surface area (Å²) >= 11 is 0. The van der Waals surface area contributed by atoms with Crippen molar-refractivity contribution in [3.63, 3.8) is 0 Å². The molecule has 7 aromatic carbocycles. The van der Waals surface area contributed by atoms with Gasteiger partial charge in [-0.3, -0.25) is 4.57 Å². The normalized spacial score (nSPS) is 12.2. The summed E-state index contributed by atoms with van der Waals surface area (Å²) in [6.07, 6.45) is 3.95. The lowest BCUT2D eigenvalue weighted by atomic mass is 9.86. The van der Waals surface area contributed by atoms with Gasteiger partial charge in [0.2, 0.25) is 0 Å². The third-order valence-corrected chi connectivity index (χ3v) is 12.2. The highest BCUT2D eigenvalue weighted by Crippen LogP contribution is 2.44. The van der Waals surface area contributed by atoms with Crippen molar-refractivity contribution >= 4 is 10.8 Å². The highest BCUT2D eigenvalue weighted by Gasteiger charge is 2.25. The average Bonchev–Trinajstić information content (AvgIpc) is 3.73. The first-order valence-electron chi connectivity index (χ1n) is 21.2. The van der Waals surface area contributed by atoms with Gasteiger partial charge in [-0.2, -0.15) is 0 Å². The molecule has 0 radical (unpaired) electrons. The van der Waals surface area contributed by atoms with Crippen LogP contribution < -0.4 is 0 Å². The van der Waals surface area contributed by atoms with Crippen LogP contribution in [0.15, 0.2) is 170 Å². The van der Waals surface area contributed by atoms with Crippen LogP contribution in [0, 0.1) is 0 Å². The molecule has 0 fully saturated rings. The van der Waals surface area contributed by atoms with Crippen molar-refractivity contribution in [1.29, 1.82) is 0 Å². The summed E-state index contributed by atoms with van der Waals surface area (Å²) in [6.45, 7) is 9.09. The van der Waals surface area contributed by atoms with E-state index in [4.69, 9.17) is 9.97 Å². The second-order valence-electron chi connectivity index (χ2n) is 16.6. The molecule has 1 aliphatic carbocycles. The van der Waals surface area contributed by atoms with E-state index in [9.17, 15) is 5.11 Å². The Morgan fingerprint density at radius 1 is 0.500 bits per heavy atom. The zero-order chi connectivity index (χ0) is 40.9. The quantitative estimate of drug-likeness (QED) is 0.167. The Labute approximate surface area is 352 Å². The first-order valence-corrected chi connectivity index (χ1v) is 21.2. The predicted octanol–water partition coefficient (Wildman–Crippen LogP) is 14.5. The van der Waals surface area contributed by atoms with E-state index in [1.54, 1.807) is 6.07 Å². The molecule has 0 aliphatic heterocycles. The van der Waals surface area contributed by atoms with Crippen molar-refractivity contribution in [2.24, 2.45) is 0 Å². The fourth-order valence-electron chi connectivity index (χ4n) is 9.24. The molecule has 2 heterocycles. The molecule has 0 saturated carbocycles. The van der Waals surface area contributed by atoms with Gasteiger partial charge in [0.25, 0.3) is 0 Å². The van der Waals surface area contributed by atoms with Crippen LogP contribution in [0.5, 0.6) is 5.75 Å². The second kappa shape index (κ2) is 15.3. The Kier molecular flexibility index (Phi) is 9.49. The van der Waals surface area contributed by atoms with Gasteiger partial charge in [0, 0.05) is 17.3 Å². The van der Waals surface area contributed by atoms with E-state index in [2.05, 4.69) is 190 Å². The number of aromatic nitrogens is 3. The standard InChI is InChI=1S/C56H47N3O/c1-35(2)43-21-13-22-44(36(3)4)55(43)59-34-50(49-32-31-41-29-28-40-20-12-26-51(60)53(40)54(41)57-49)58-56(59)47-25-11-19-39-27-30-42(33-48(39)47)52-45(37-15-7-5-8-16-37)23-14-24-46(52)38-17-9-6-10-18-38/h5-27,30-36,60H,28-29H2,1-4H3. The predicted molar refractivity (Wildman–Crippen MR) is 249 cm³/mol. The molecule has 292 valence electrons. The fraction of sp³-hybridized carbons (Fsp3) is 0.143. The van der Waals surface area contributed by atoms with Gasteiger partial charge in [-0.15, -0.1) is 0 Å². The van der Waals surface area contributed by atoms with Gasteiger partial charge in [-0.05, 0) is 109 Å². The number of pyridine rings is 1. The van der Waals surface area contributed by atoms with Crippen molar-refractivity contribution in [3.05, 3.63) is 192 Å². The molecule has 10 rings (SSSR count). The summed E-state index contributed by atoms with van der Waals surface area (Å²) in [6, 6.07) is 58.3. The van der Waals surface area contributed by atoms with E-state index in [-0.39, 0.29) is 17.6 Å². The number of fused-ring (bicyclic) bond motifs is 4. The first kappa shape index (κ1) is 37.2. The Balaban J connectivity index is 1.23. The minimum absolute atomic E-state index is 0.271. The van der Waals surface area contributed by atoms with Crippen molar-refractivity contribution in [3.8, 4) is 78.9 Å². The number of phenolic OH excluding ortho intramolecular Hbond substituents is 1. The Bertz CT molecular complexity index is 2970. The van der Waals surface area contributed by atoms with Gasteiger partial charge >= 0.3 is 0 Å². The lowest BCUT2D eigenvalue weighted by molar-refractivity contribution is 0.476. The van der Waals surface area contributed by atoms with Gasteiger partial charge in [0.05, 0.1) is 17.1 Å². The molecule has 0 spiro atoms. The van der Waals surface area contributed by atoms with Crippen LogP contribution in [0.25, 0.3) is 83.9 Å². The fourth-order valence-corrected chi connectivity index (χ4v) is 9.24. The highest BCUT2D eigenvalue weighted by molar-refractivity contribution is 6.02. The summed E-state index contributed by atoms with van der Waals surface area (Å²) in [5.74, 6) is 1.70. The lowest BCUT2D eigenvalue weighted by Gasteiger charge is -2.22. The lowest BCUT2D eigenvalue weighted by Crippen LogP contribution is -2.08. The summed E-state index contributed by atoms with van der Waals surface area (Å²) < 4.78 is 2.33. The third-order valence-electron chi connectivity index (χ3n) is 12.2. The highest BCUT2D eigenvalue weighted by atomic mass is 16.3. The molecule has 0 unspecified atom stereocenters. The monoisotopic (exact) mass is 777 g/mol. The number of aryl methyl sites for hydroxylation is 2. The van der Waals surface area contributed by atoms with Crippen LogP contribution in [0.3, 0.4) is 0 Å². The molecular formula is C56H47N3O. The summed E-state index contributed by atoms with van der Waals surface area (Å²) in [5.41, 5.74) is 17.4. The number of imidazole rings is 1. The molecule has 4 nitrogen and oxygen atoms in total. The third kappa shape index (κ3) is 6.49. The van der Waals surface area contributed by atoms with Gasteiger partial charge in [-0.1, -0.05) is 173 Å². The van der Waals surface area contributed by atoms with E-state index in [1.807, 2.05) is 6.07 Å². The molecule has 1 aliphatic rings. The van der Waals surface area contributed by atoms with Crippen molar-refractivity contribution in [2.45, 2.75) is 52.4 Å². The van der Waals surface area contributed by atoms with E-state index in [0.717, 1.165) is 74.3 Å². The number of para-hydroxylation sites is 1. The maximum Gasteiger partial charge on any atom is 0.145 e. The number of nitrogens with zero attached hydrogens (tertiary/aromatic N) is 3. The average molecular weight is 778 g/mol. The molecule has 0 atom stereocenters. The number of benzene rings is 7. The van der Waals surface area contributed by atoms with Crippen molar-refractivity contribution < 1.29 is 5.11 Å². The molecule has 0 saturated heterocycles. The van der Waals surface area contributed by atoms with E-state index in [0.29, 0.717) is 0 Å². The smallest absolute Gasteiger partial charge is 0.145 e. The molecular weight excluding hydrogens is 731 g/mol. The van der Waals surface area contributed by atoms with Gasteiger partial charge in [0.1, 0.15) is 17.3 Å². The van der Waals surface area contributed by atoms with E-state index >= 15 is 0 Å². The molecule has 2 aromatic heterocycles. The topological polar surface area (TPSA) is 50.9 Å². The Morgan fingerprint density at radius 3 is 1.80 bits per heavy atom. The largest absolute Gasteiger partial charge is 0.507 e. The number of hydrogen-bond donors (Lipinski definition) is 1. The van der Waals surface area contributed by atoms with Crippen LogP contribution in [0.4, 0.5) is 0 Å². The van der Waals surface area contributed by atoms with Crippen LogP contribution in [-0.2, 0) is 12.8 Å². The molecule has 9 aromatic rings. The van der Waals surface area contributed by atoms with E-state index < -0.39 is 0 Å². The molecule has 1 N–H and O–H groups in total. The molecule has 60 heavy (non-hydrogen) atoms. The van der Waals surface area contributed by atoms with Crippen molar-refractivity contribution in [2.75, 3.05) is 0 Å². The van der Waals surface area contributed by atoms with Gasteiger partial charge < -0.3 is 5.11 Å². The Morgan fingerprint density at radius 2 is 1.12 bits per heavy atom. The summed E-state index contributed by atoms with van der Waals surface area (Å²) in [7, 11) is 0. The first-order chi connectivity index (χ1) is 29.3. The van der Waals surface area contributed by atoms with Crippen LogP contribution in [0.2, 0.25) is 0 Å². The Hall–Kier alpha value is -7.04. The van der Waals surface area contributed by atoms with Crippen molar-refractivity contribution in [1.82, 2.24) is 14.5 Å². The van der Waals surface area contributed by atoms with Crippen LogP contribution in [0.1, 0.15) is 61.8 Å². The minimum atomic E-state index is 0.271. The molecule has 0 bridgehead atoms. The maximum atomic E-state index is 11.1. The molecule has 0 amide bonds. The van der Waals surface area contributed by atoms with E-state index in [1.165, 1.54) is 44.6 Å². The van der Waals surface area contributed by atoms with Gasteiger partial charge in [-0.25, -0.2) is 9.97 Å². The number of phenols is 1. The van der Waals surface area contributed by atoms with Crippen LogP contribution in [-0.4, -0.2) is 19.6 Å². The van der Waals surface area contributed by atoms with Gasteiger partial charge in [0.15, 0.2) is 0 Å². The molecule has 4 heteroatoms. The zero-order valence-electron chi connectivity index (χ0n) is 34.5. The number of aromatic hydroxyl groups is 1. The second-order valence-corrected chi connectivity index (χ2v) is 16.6. The minimum Gasteiger partial charge on any atom is -0.507 e. The number of rotatable bonds is 8. The summed E-state index contributed by atoms with van der Waals surface area (Å²) in [5, 5.41) is 13.4. The summed E-state index contributed by atoms with van der Waals surface area (Å²) in [4.78, 5) is 10.9. The van der Waals surface area contributed by atoms with Crippen LogP contribution >= 0.6 is 0 Å². The SMILES string of the molecule is CC(C)c1cccc(C(C)C)c1-n1cc(-c2ccc3c(n2)-c2c(O)cccc2CC3)nc1-c1cccc2ccc(-c3c(-c4ccccc4)cccc3-c3ccccc3)cc12. The number of hydrogen-bond acceptors (Lipinski definition) is 3. The maximum absolute atomic E-state index is 11.1. The zero-order valence-corrected chi connectivity index (χ0v) is 34.5.